The maximum atomic E-state index is 6.13. The molecule has 0 amide bonds. The predicted octanol–water partition coefficient (Wildman–Crippen LogP) is 4.19. The Hall–Kier alpha value is -1.62. The number of anilines is 1. The molecule has 3 aliphatic rings. The van der Waals surface area contributed by atoms with E-state index < -0.39 is 0 Å². The first kappa shape index (κ1) is 16.5. The van der Waals surface area contributed by atoms with Gasteiger partial charge in [0.2, 0.25) is 0 Å². The first-order valence-electron chi connectivity index (χ1n) is 10.6. The van der Waals surface area contributed by atoms with Gasteiger partial charge in [0.1, 0.15) is 5.82 Å². The van der Waals surface area contributed by atoms with Gasteiger partial charge in [0.15, 0.2) is 5.65 Å². The molecule has 2 heterocycles. The molecule has 1 unspecified atom stereocenters. The summed E-state index contributed by atoms with van der Waals surface area (Å²) < 4.78 is 2.04. The Kier molecular flexibility index (Phi) is 4.15. The quantitative estimate of drug-likeness (QED) is 0.845. The van der Waals surface area contributed by atoms with Gasteiger partial charge in [-0.1, -0.05) is 19.8 Å². The fraction of sp³-hybridized carbons (Fsp3) is 0.714. The molecular formula is C21H31N5. The molecule has 0 saturated heterocycles. The molecule has 0 radical (unpaired) electrons. The number of fused-ring (bicyclic) bond motifs is 1. The van der Waals surface area contributed by atoms with E-state index in [1.54, 1.807) is 0 Å². The zero-order valence-electron chi connectivity index (χ0n) is 15.8. The van der Waals surface area contributed by atoms with Crippen molar-refractivity contribution in [3.8, 4) is 0 Å². The summed E-state index contributed by atoms with van der Waals surface area (Å²) in [5.41, 5.74) is 9.80. The smallest absolute Gasteiger partial charge is 0.161 e. The van der Waals surface area contributed by atoms with Gasteiger partial charge in [0.25, 0.3) is 0 Å². The van der Waals surface area contributed by atoms with Crippen LogP contribution in [0.4, 0.5) is 5.82 Å². The summed E-state index contributed by atoms with van der Waals surface area (Å²) in [6.45, 7) is 2.37. The Labute approximate surface area is 155 Å². The zero-order chi connectivity index (χ0) is 17.7. The monoisotopic (exact) mass is 353 g/mol. The van der Waals surface area contributed by atoms with Crippen molar-refractivity contribution < 1.29 is 0 Å². The van der Waals surface area contributed by atoms with E-state index >= 15 is 0 Å². The summed E-state index contributed by atoms with van der Waals surface area (Å²) in [5, 5.41) is 8.45. The van der Waals surface area contributed by atoms with E-state index in [1.165, 1.54) is 49.8 Å². The minimum Gasteiger partial charge on any atom is -0.367 e. The van der Waals surface area contributed by atoms with Crippen LogP contribution in [0.3, 0.4) is 0 Å². The minimum atomic E-state index is 0.335. The third kappa shape index (κ3) is 3.00. The molecule has 0 aromatic carbocycles. The Morgan fingerprint density at radius 3 is 2.65 bits per heavy atom. The highest BCUT2D eigenvalue weighted by atomic mass is 15.3. The van der Waals surface area contributed by atoms with E-state index in [1.807, 2.05) is 4.52 Å². The zero-order valence-corrected chi connectivity index (χ0v) is 15.8. The van der Waals surface area contributed by atoms with Crippen molar-refractivity contribution in [1.82, 2.24) is 14.6 Å². The van der Waals surface area contributed by atoms with Crippen molar-refractivity contribution in [2.24, 2.45) is 11.7 Å². The molecule has 3 atom stereocenters. The molecule has 0 aliphatic heterocycles. The van der Waals surface area contributed by atoms with Gasteiger partial charge in [0, 0.05) is 35.3 Å². The Balaban J connectivity index is 1.53. The van der Waals surface area contributed by atoms with Crippen LogP contribution < -0.4 is 11.1 Å². The van der Waals surface area contributed by atoms with Gasteiger partial charge >= 0.3 is 0 Å². The molecule has 2 aromatic heterocycles. The summed E-state index contributed by atoms with van der Waals surface area (Å²) in [4.78, 5) is 5.13. The molecule has 3 N–H and O–H groups in total. The molecule has 26 heavy (non-hydrogen) atoms. The molecule has 5 rings (SSSR count). The Bertz CT molecular complexity index is 787. The number of hydrogen-bond acceptors (Lipinski definition) is 4. The van der Waals surface area contributed by atoms with Crippen molar-refractivity contribution in [3.05, 3.63) is 23.5 Å². The number of hydrogen-bond donors (Lipinski definition) is 2. The standard InChI is InChI=1S/C21H31N5/c1-13(14-4-2-3-5-14)19-11-20(24-17-9-8-16(22)10-17)26-21(25-19)18(12-23-26)15-6-7-15/h11-17,24H,2-10,22H2,1H3/t13?,16-,17-/m0/s1. The number of nitrogens with zero attached hydrogens (tertiary/aromatic N) is 3. The highest BCUT2D eigenvalue weighted by Gasteiger charge is 2.30. The maximum Gasteiger partial charge on any atom is 0.161 e. The van der Waals surface area contributed by atoms with Gasteiger partial charge in [-0.15, -0.1) is 0 Å². The van der Waals surface area contributed by atoms with Gasteiger partial charge in [-0.2, -0.15) is 9.61 Å². The molecule has 0 spiro atoms. The first-order valence-corrected chi connectivity index (χ1v) is 10.6. The summed E-state index contributed by atoms with van der Waals surface area (Å²) >= 11 is 0. The number of aromatic nitrogens is 3. The lowest BCUT2D eigenvalue weighted by Crippen LogP contribution is -2.22. The van der Waals surface area contributed by atoms with Crippen molar-refractivity contribution in [2.75, 3.05) is 5.32 Å². The topological polar surface area (TPSA) is 68.2 Å². The second-order valence-electron chi connectivity index (χ2n) is 8.92. The van der Waals surface area contributed by atoms with Crippen LogP contribution in [-0.4, -0.2) is 26.7 Å². The van der Waals surface area contributed by atoms with E-state index in [-0.39, 0.29) is 0 Å². The molecular weight excluding hydrogens is 322 g/mol. The van der Waals surface area contributed by atoms with Crippen LogP contribution in [0.1, 0.15) is 87.8 Å². The van der Waals surface area contributed by atoms with Crippen LogP contribution in [0, 0.1) is 5.92 Å². The molecule has 0 bridgehead atoms. The van der Waals surface area contributed by atoms with Gasteiger partial charge < -0.3 is 11.1 Å². The number of rotatable bonds is 5. The van der Waals surface area contributed by atoms with Gasteiger partial charge in [0.05, 0.1) is 6.20 Å². The van der Waals surface area contributed by atoms with Crippen molar-refractivity contribution >= 4 is 11.5 Å². The highest BCUT2D eigenvalue weighted by molar-refractivity contribution is 5.57. The number of nitrogens with two attached hydrogens (primary N) is 1. The maximum absolute atomic E-state index is 6.13. The molecule has 3 fully saturated rings. The van der Waals surface area contributed by atoms with Gasteiger partial charge in [-0.3, -0.25) is 0 Å². The lowest BCUT2D eigenvalue weighted by molar-refractivity contribution is 0.453. The average Bonchev–Trinajstić information content (AvgIpc) is 3.03. The normalized spacial score (nSPS) is 28.1. The predicted molar refractivity (Wildman–Crippen MR) is 105 cm³/mol. The van der Waals surface area contributed by atoms with Crippen LogP contribution in [0.25, 0.3) is 5.65 Å². The van der Waals surface area contributed by atoms with E-state index in [0.717, 1.165) is 36.6 Å². The van der Waals surface area contributed by atoms with Crippen molar-refractivity contribution in [1.29, 1.82) is 0 Å². The second-order valence-corrected chi connectivity index (χ2v) is 8.92. The summed E-state index contributed by atoms with van der Waals surface area (Å²) in [5.74, 6) is 3.09. The highest BCUT2D eigenvalue weighted by Crippen LogP contribution is 2.43. The lowest BCUT2D eigenvalue weighted by atomic mass is 9.89. The molecule has 2 aromatic rings. The molecule has 5 nitrogen and oxygen atoms in total. The van der Waals surface area contributed by atoms with Gasteiger partial charge in [-0.05, 0) is 56.8 Å². The number of nitrogens with one attached hydrogen (secondary N) is 1. The van der Waals surface area contributed by atoms with Crippen LogP contribution in [0.2, 0.25) is 0 Å². The average molecular weight is 354 g/mol. The summed E-state index contributed by atoms with van der Waals surface area (Å²) in [6.07, 6.45) is 13.4. The van der Waals surface area contributed by atoms with E-state index in [2.05, 4.69) is 24.5 Å². The van der Waals surface area contributed by atoms with E-state index in [4.69, 9.17) is 15.8 Å². The van der Waals surface area contributed by atoms with Crippen molar-refractivity contribution in [2.45, 2.75) is 88.6 Å². The van der Waals surface area contributed by atoms with E-state index in [0.29, 0.717) is 23.9 Å². The molecule has 3 aliphatic carbocycles. The van der Waals surface area contributed by atoms with Gasteiger partial charge in [-0.25, -0.2) is 4.98 Å². The second kappa shape index (κ2) is 6.52. The Morgan fingerprint density at radius 1 is 1.15 bits per heavy atom. The largest absolute Gasteiger partial charge is 0.367 e. The fourth-order valence-corrected chi connectivity index (χ4v) is 5.07. The third-order valence-corrected chi connectivity index (χ3v) is 6.93. The summed E-state index contributed by atoms with van der Waals surface area (Å²) in [7, 11) is 0. The molecule has 140 valence electrons. The van der Waals surface area contributed by atoms with Crippen LogP contribution in [0.5, 0.6) is 0 Å². The summed E-state index contributed by atoms with van der Waals surface area (Å²) in [6, 6.07) is 3.06. The van der Waals surface area contributed by atoms with Crippen LogP contribution in [-0.2, 0) is 0 Å². The lowest BCUT2D eigenvalue weighted by Gasteiger charge is -2.21. The van der Waals surface area contributed by atoms with Crippen molar-refractivity contribution in [3.63, 3.8) is 0 Å². The minimum absolute atomic E-state index is 0.335. The van der Waals surface area contributed by atoms with Crippen LogP contribution >= 0.6 is 0 Å². The molecule has 5 heteroatoms. The first-order chi connectivity index (χ1) is 12.7. The Morgan fingerprint density at radius 2 is 1.96 bits per heavy atom. The SMILES string of the molecule is CC(c1cc(N[C@H]2CC[C@H](N)C2)n2ncc(C3CC3)c2n1)C1CCCC1. The third-order valence-electron chi connectivity index (χ3n) is 6.93. The van der Waals surface area contributed by atoms with E-state index in [9.17, 15) is 0 Å². The fourth-order valence-electron chi connectivity index (χ4n) is 5.07. The molecule has 3 saturated carbocycles. The van der Waals surface area contributed by atoms with Crippen LogP contribution in [0.15, 0.2) is 12.3 Å².